The maximum atomic E-state index is 12.3. The molecule has 0 saturated carbocycles. The van der Waals surface area contributed by atoms with Crippen LogP contribution in [0.15, 0.2) is 48.5 Å². The highest BCUT2D eigenvalue weighted by molar-refractivity contribution is 5.97. The third-order valence-electron chi connectivity index (χ3n) is 4.47. The molecule has 0 spiro atoms. The first-order chi connectivity index (χ1) is 13.0. The molecular formula is C22H26N2O3. The molecule has 0 aliphatic carbocycles. The van der Waals surface area contributed by atoms with Crippen molar-refractivity contribution in [1.82, 2.24) is 5.32 Å². The van der Waals surface area contributed by atoms with Gasteiger partial charge in [0.05, 0.1) is 6.61 Å². The molecule has 2 amide bonds. The van der Waals surface area contributed by atoms with Crippen molar-refractivity contribution >= 4 is 17.5 Å². The van der Waals surface area contributed by atoms with Gasteiger partial charge in [-0.2, -0.15) is 0 Å². The van der Waals surface area contributed by atoms with Crippen LogP contribution in [0.25, 0.3) is 0 Å². The van der Waals surface area contributed by atoms with Crippen LogP contribution in [-0.2, 0) is 11.3 Å². The second kappa shape index (κ2) is 8.71. The van der Waals surface area contributed by atoms with E-state index in [1.165, 1.54) is 0 Å². The number of nitrogens with zero attached hydrogens (tertiary/aromatic N) is 1. The van der Waals surface area contributed by atoms with Gasteiger partial charge in [0.15, 0.2) is 0 Å². The first-order valence-corrected chi connectivity index (χ1v) is 9.43. The van der Waals surface area contributed by atoms with E-state index in [1.54, 1.807) is 17.0 Å². The molecule has 5 nitrogen and oxygen atoms in total. The van der Waals surface area contributed by atoms with Crippen LogP contribution < -0.4 is 15.0 Å². The van der Waals surface area contributed by atoms with Crippen molar-refractivity contribution in [3.8, 4) is 5.75 Å². The zero-order valence-corrected chi connectivity index (χ0v) is 15.9. The predicted molar refractivity (Wildman–Crippen MR) is 106 cm³/mol. The van der Waals surface area contributed by atoms with E-state index in [2.05, 4.69) is 19.2 Å². The normalized spacial score (nSPS) is 13.9. The molecule has 1 aliphatic rings. The zero-order valence-electron chi connectivity index (χ0n) is 15.9. The van der Waals surface area contributed by atoms with Gasteiger partial charge in [-0.3, -0.25) is 9.59 Å². The van der Waals surface area contributed by atoms with Crippen LogP contribution in [0, 0.1) is 5.92 Å². The highest BCUT2D eigenvalue weighted by atomic mass is 16.5. The second-order valence-electron chi connectivity index (χ2n) is 7.23. The molecule has 3 rings (SSSR count). The van der Waals surface area contributed by atoms with Gasteiger partial charge in [-0.1, -0.05) is 26.0 Å². The molecule has 0 atom stereocenters. The molecule has 1 fully saturated rings. The molecular weight excluding hydrogens is 340 g/mol. The third kappa shape index (κ3) is 5.09. The van der Waals surface area contributed by atoms with Gasteiger partial charge in [0, 0.05) is 30.8 Å². The average Bonchev–Trinajstić information content (AvgIpc) is 3.11. The van der Waals surface area contributed by atoms with Gasteiger partial charge in [0.25, 0.3) is 5.91 Å². The summed E-state index contributed by atoms with van der Waals surface area (Å²) in [6, 6.07) is 14.9. The van der Waals surface area contributed by atoms with Crippen molar-refractivity contribution in [1.29, 1.82) is 0 Å². The SMILES string of the molecule is CC(C)COc1ccc(CNC(=O)c2ccc(N3CCCC3=O)cc2)cc1. The van der Waals surface area contributed by atoms with Gasteiger partial charge in [-0.25, -0.2) is 0 Å². The molecule has 1 N–H and O–H groups in total. The van der Waals surface area contributed by atoms with Crippen LogP contribution in [0.3, 0.4) is 0 Å². The summed E-state index contributed by atoms with van der Waals surface area (Å²) < 4.78 is 5.66. The minimum absolute atomic E-state index is 0.130. The van der Waals surface area contributed by atoms with Crippen molar-refractivity contribution in [2.75, 3.05) is 18.1 Å². The summed E-state index contributed by atoms with van der Waals surface area (Å²) in [5.74, 6) is 1.34. The Labute approximate surface area is 160 Å². The van der Waals surface area contributed by atoms with E-state index < -0.39 is 0 Å². The summed E-state index contributed by atoms with van der Waals surface area (Å²) in [5.41, 5.74) is 2.45. The minimum atomic E-state index is -0.130. The Morgan fingerprint density at radius 3 is 2.41 bits per heavy atom. The molecule has 0 radical (unpaired) electrons. The lowest BCUT2D eigenvalue weighted by Crippen LogP contribution is -2.24. The highest BCUT2D eigenvalue weighted by Crippen LogP contribution is 2.21. The number of nitrogens with one attached hydrogen (secondary N) is 1. The molecule has 2 aromatic rings. The van der Waals surface area contributed by atoms with Gasteiger partial charge in [-0.05, 0) is 54.3 Å². The standard InChI is InChI=1S/C22H26N2O3/c1-16(2)15-27-20-11-5-17(6-12-20)14-23-22(26)18-7-9-19(10-8-18)24-13-3-4-21(24)25/h5-12,16H,3-4,13-15H2,1-2H3,(H,23,26). The van der Waals surface area contributed by atoms with E-state index in [0.717, 1.165) is 30.0 Å². The number of amides is 2. The Hall–Kier alpha value is -2.82. The maximum Gasteiger partial charge on any atom is 0.251 e. The minimum Gasteiger partial charge on any atom is -0.493 e. The van der Waals surface area contributed by atoms with Gasteiger partial charge in [-0.15, -0.1) is 0 Å². The summed E-state index contributed by atoms with van der Waals surface area (Å²) >= 11 is 0. The van der Waals surface area contributed by atoms with Crippen molar-refractivity contribution in [3.05, 3.63) is 59.7 Å². The van der Waals surface area contributed by atoms with E-state index in [1.807, 2.05) is 36.4 Å². The largest absolute Gasteiger partial charge is 0.493 e. The molecule has 1 heterocycles. The summed E-state index contributed by atoms with van der Waals surface area (Å²) in [4.78, 5) is 25.9. The van der Waals surface area contributed by atoms with E-state index >= 15 is 0 Å². The van der Waals surface area contributed by atoms with E-state index in [9.17, 15) is 9.59 Å². The Morgan fingerprint density at radius 2 is 1.81 bits per heavy atom. The number of ether oxygens (including phenoxy) is 1. The molecule has 27 heavy (non-hydrogen) atoms. The number of hydrogen-bond donors (Lipinski definition) is 1. The Kier molecular flexibility index (Phi) is 6.12. The van der Waals surface area contributed by atoms with Gasteiger partial charge < -0.3 is 15.0 Å². The lowest BCUT2D eigenvalue weighted by molar-refractivity contribution is -0.117. The van der Waals surface area contributed by atoms with Gasteiger partial charge in [0.2, 0.25) is 5.91 Å². The lowest BCUT2D eigenvalue weighted by atomic mass is 10.1. The van der Waals surface area contributed by atoms with Crippen molar-refractivity contribution in [3.63, 3.8) is 0 Å². The molecule has 1 aliphatic heterocycles. The molecule has 0 bridgehead atoms. The van der Waals surface area contributed by atoms with E-state index in [-0.39, 0.29) is 11.8 Å². The predicted octanol–water partition coefficient (Wildman–Crippen LogP) is 3.78. The summed E-state index contributed by atoms with van der Waals surface area (Å²) in [6.07, 6.45) is 1.49. The molecule has 142 valence electrons. The molecule has 0 aromatic heterocycles. The van der Waals surface area contributed by atoms with Crippen LogP contribution in [0.2, 0.25) is 0 Å². The third-order valence-corrected chi connectivity index (χ3v) is 4.47. The van der Waals surface area contributed by atoms with Gasteiger partial charge in [0.1, 0.15) is 5.75 Å². The van der Waals surface area contributed by atoms with E-state index in [4.69, 9.17) is 4.74 Å². The number of carbonyl (C=O) groups excluding carboxylic acids is 2. The van der Waals surface area contributed by atoms with Crippen LogP contribution in [0.5, 0.6) is 5.75 Å². The molecule has 2 aromatic carbocycles. The lowest BCUT2D eigenvalue weighted by Gasteiger charge is -2.15. The highest BCUT2D eigenvalue weighted by Gasteiger charge is 2.21. The summed E-state index contributed by atoms with van der Waals surface area (Å²) in [6.45, 7) is 6.12. The number of hydrogen-bond acceptors (Lipinski definition) is 3. The topological polar surface area (TPSA) is 58.6 Å². The Morgan fingerprint density at radius 1 is 1.11 bits per heavy atom. The maximum absolute atomic E-state index is 12.3. The fourth-order valence-electron chi connectivity index (χ4n) is 2.96. The number of rotatable bonds is 7. The quantitative estimate of drug-likeness (QED) is 0.811. The fraction of sp³-hybridized carbons (Fsp3) is 0.364. The number of carbonyl (C=O) groups is 2. The van der Waals surface area contributed by atoms with Crippen LogP contribution >= 0.6 is 0 Å². The average molecular weight is 366 g/mol. The van der Waals surface area contributed by atoms with Gasteiger partial charge >= 0.3 is 0 Å². The Bertz CT molecular complexity index is 782. The molecule has 0 unspecified atom stereocenters. The first-order valence-electron chi connectivity index (χ1n) is 9.43. The van der Waals surface area contributed by atoms with Crippen molar-refractivity contribution in [2.24, 2.45) is 5.92 Å². The summed E-state index contributed by atoms with van der Waals surface area (Å²) in [5, 5.41) is 2.92. The number of benzene rings is 2. The van der Waals surface area contributed by atoms with E-state index in [0.29, 0.717) is 31.1 Å². The van der Waals surface area contributed by atoms with Crippen molar-refractivity contribution < 1.29 is 14.3 Å². The molecule has 1 saturated heterocycles. The van der Waals surface area contributed by atoms with Crippen LogP contribution in [-0.4, -0.2) is 25.0 Å². The first kappa shape index (κ1) is 19.0. The van der Waals surface area contributed by atoms with Crippen LogP contribution in [0.4, 0.5) is 5.69 Å². The van der Waals surface area contributed by atoms with Crippen LogP contribution in [0.1, 0.15) is 42.6 Å². The Balaban J connectivity index is 1.52. The second-order valence-corrected chi connectivity index (χ2v) is 7.23. The fourth-order valence-corrected chi connectivity index (χ4v) is 2.96. The number of anilines is 1. The molecule has 5 heteroatoms. The monoisotopic (exact) mass is 366 g/mol. The smallest absolute Gasteiger partial charge is 0.251 e. The summed E-state index contributed by atoms with van der Waals surface area (Å²) in [7, 11) is 0. The van der Waals surface area contributed by atoms with Crippen molar-refractivity contribution in [2.45, 2.75) is 33.2 Å². The zero-order chi connectivity index (χ0) is 19.2.